The molecule has 0 saturated heterocycles. The Balaban J connectivity index is 2.17. The highest BCUT2D eigenvalue weighted by atomic mass is 16.3. The van der Waals surface area contributed by atoms with Crippen LogP contribution in [0.25, 0.3) is 0 Å². The maximum Gasteiger partial charge on any atom is 0.242 e. The highest BCUT2D eigenvalue weighted by Crippen LogP contribution is 2.36. The van der Waals surface area contributed by atoms with Crippen LogP contribution >= 0.6 is 0 Å². The van der Waals surface area contributed by atoms with E-state index in [0.29, 0.717) is 0 Å². The van der Waals surface area contributed by atoms with Crippen LogP contribution in [-0.4, -0.2) is 28.5 Å². The summed E-state index contributed by atoms with van der Waals surface area (Å²) in [5, 5.41) is 9.76. The Bertz CT molecular complexity index is 441. The Labute approximate surface area is 101 Å². The number of carbonyl (C=O) groups is 1. The summed E-state index contributed by atoms with van der Waals surface area (Å²) in [7, 11) is 1.73. The average Bonchev–Trinajstić information content (AvgIpc) is 3.06. The molecule has 4 heteroatoms. The molecule has 1 fully saturated rings. The summed E-state index contributed by atoms with van der Waals surface area (Å²) in [5.74, 6) is 0.162. The van der Waals surface area contributed by atoms with E-state index in [-0.39, 0.29) is 17.7 Å². The Morgan fingerprint density at radius 1 is 1.47 bits per heavy atom. The van der Waals surface area contributed by atoms with Crippen molar-refractivity contribution < 1.29 is 9.90 Å². The lowest BCUT2D eigenvalue weighted by molar-refractivity contribution is -0.134. The molecule has 1 saturated carbocycles. The molecular weight excluding hydrogens is 216 g/mol. The van der Waals surface area contributed by atoms with E-state index in [4.69, 9.17) is 5.73 Å². The topological polar surface area (TPSA) is 66.6 Å². The van der Waals surface area contributed by atoms with Gasteiger partial charge in [0.15, 0.2) is 0 Å². The van der Waals surface area contributed by atoms with Crippen molar-refractivity contribution in [2.75, 3.05) is 7.05 Å². The van der Waals surface area contributed by atoms with E-state index >= 15 is 0 Å². The molecule has 0 heterocycles. The van der Waals surface area contributed by atoms with Crippen molar-refractivity contribution >= 4 is 5.91 Å². The zero-order valence-electron chi connectivity index (χ0n) is 10.2. The summed E-state index contributed by atoms with van der Waals surface area (Å²) in [5.41, 5.74) is 5.98. The Hall–Kier alpha value is -1.55. The third-order valence-electron chi connectivity index (χ3n) is 3.50. The van der Waals surface area contributed by atoms with Gasteiger partial charge >= 0.3 is 0 Å². The molecule has 92 valence electrons. The van der Waals surface area contributed by atoms with Crippen LogP contribution in [0, 0.1) is 0 Å². The number of nitrogens with zero attached hydrogens (tertiary/aromatic N) is 1. The van der Waals surface area contributed by atoms with Crippen molar-refractivity contribution in [3.8, 4) is 5.75 Å². The third-order valence-corrected chi connectivity index (χ3v) is 3.50. The fourth-order valence-electron chi connectivity index (χ4n) is 1.93. The highest BCUT2D eigenvalue weighted by molar-refractivity contribution is 5.89. The van der Waals surface area contributed by atoms with E-state index in [1.54, 1.807) is 24.1 Å². The number of nitrogens with two attached hydrogens (primary N) is 1. The monoisotopic (exact) mass is 234 g/mol. The molecule has 0 bridgehead atoms. The number of hydrogen-bond donors (Lipinski definition) is 2. The van der Waals surface area contributed by atoms with Crippen molar-refractivity contribution in [1.82, 2.24) is 4.90 Å². The Kier molecular flexibility index (Phi) is 2.83. The lowest BCUT2D eigenvalue weighted by Gasteiger charge is -2.28. The molecule has 0 spiro atoms. The standard InChI is InChI=1S/C13H18N2O2/c1-9(10-5-3-4-6-11(10)16)15(2)12(17)13(14)7-8-13/h3-6,9,16H,7-8,14H2,1-2H3. The lowest BCUT2D eigenvalue weighted by Crippen LogP contribution is -2.44. The normalized spacial score (nSPS) is 18.5. The SMILES string of the molecule is CC(c1ccccc1O)N(C)C(=O)C1(N)CC1. The number of rotatable bonds is 3. The van der Waals surface area contributed by atoms with Crippen LogP contribution in [0.4, 0.5) is 0 Å². The molecule has 2 rings (SSSR count). The number of benzene rings is 1. The van der Waals surface area contributed by atoms with E-state index < -0.39 is 5.54 Å². The van der Waals surface area contributed by atoms with Gasteiger partial charge < -0.3 is 15.7 Å². The number of phenols is 1. The van der Waals surface area contributed by atoms with Crippen LogP contribution in [0.15, 0.2) is 24.3 Å². The molecule has 1 aromatic carbocycles. The molecule has 1 unspecified atom stereocenters. The first-order valence-electron chi connectivity index (χ1n) is 5.80. The summed E-state index contributed by atoms with van der Waals surface area (Å²) in [6, 6.07) is 6.88. The van der Waals surface area contributed by atoms with Gasteiger partial charge in [-0.15, -0.1) is 0 Å². The summed E-state index contributed by atoms with van der Waals surface area (Å²) >= 11 is 0. The molecule has 0 aliphatic heterocycles. The summed E-state index contributed by atoms with van der Waals surface area (Å²) in [6.07, 6.45) is 1.51. The minimum atomic E-state index is -0.659. The first-order chi connectivity index (χ1) is 7.96. The van der Waals surface area contributed by atoms with Crippen LogP contribution < -0.4 is 5.73 Å². The van der Waals surface area contributed by atoms with E-state index in [1.165, 1.54) is 0 Å². The fraction of sp³-hybridized carbons (Fsp3) is 0.462. The maximum atomic E-state index is 12.1. The maximum absolute atomic E-state index is 12.1. The fourth-order valence-corrected chi connectivity index (χ4v) is 1.93. The van der Waals surface area contributed by atoms with Crippen molar-refractivity contribution in [3.63, 3.8) is 0 Å². The van der Waals surface area contributed by atoms with Gasteiger partial charge in [0.1, 0.15) is 5.75 Å². The second kappa shape index (κ2) is 4.04. The van der Waals surface area contributed by atoms with Gasteiger partial charge in [0.25, 0.3) is 0 Å². The number of hydrogen-bond acceptors (Lipinski definition) is 3. The Morgan fingerprint density at radius 2 is 2.06 bits per heavy atom. The highest BCUT2D eigenvalue weighted by Gasteiger charge is 2.48. The predicted molar refractivity (Wildman–Crippen MR) is 65.4 cm³/mol. The number of para-hydroxylation sites is 1. The molecule has 1 aliphatic rings. The van der Waals surface area contributed by atoms with Gasteiger partial charge in [-0.3, -0.25) is 4.79 Å². The summed E-state index contributed by atoms with van der Waals surface area (Å²) < 4.78 is 0. The van der Waals surface area contributed by atoms with Gasteiger partial charge in [0.05, 0.1) is 11.6 Å². The smallest absolute Gasteiger partial charge is 0.242 e. The quantitative estimate of drug-likeness (QED) is 0.830. The molecule has 1 atom stereocenters. The molecule has 0 aromatic heterocycles. The van der Waals surface area contributed by atoms with E-state index in [0.717, 1.165) is 18.4 Å². The molecule has 4 nitrogen and oxygen atoms in total. The van der Waals surface area contributed by atoms with Crippen LogP contribution in [0.2, 0.25) is 0 Å². The molecule has 0 radical (unpaired) electrons. The van der Waals surface area contributed by atoms with Crippen molar-refractivity contribution in [3.05, 3.63) is 29.8 Å². The van der Waals surface area contributed by atoms with E-state index in [2.05, 4.69) is 0 Å². The largest absolute Gasteiger partial charge is 0.508 e. The molecule has 3 N–H and O–H groups in total. The van der Waals surface area contributed by atoms with Gasteiger partial charge in [-0.25, -0.2) is 0 Å². The van der Waals surface area contributed by atoms with Crippen molar-refractivity contribution in [2.24, 2.45) is 5.73 Å². The summed E-state index contributed by atoms with van der Waals surface area (Å²) in [4.78, 5) is 13.7. The van der Waals surface area contributed by atoms with E-state index in [1.807, 2.05) is 19.1 Å². The number of aromatic hydroxyl groups is 1. The lowest BCUT2D eigenvalue weighted by atomic mass is 10.1. The van der Waals surface area contributed by atoms with Crippen molar-refractivity contribution in [1.29, 1.82) is 0 Å². The zero-order chi connectivity index (χ0) is 12.6. The second-order valence-electron chi connectivity index (χ2n) is 4.81. The second-order valence-corrected chi connectivity index (χ2v) is 4.81. The molecule has 17 heavy (non-hydrogen) atoms. The van der Waals surface area contributed by atoms with Crippen LogP contribution in [0.5, 0.6) is 5.75 Å². The van der Waals surface area contributed by atoms with Crippen LogP contribution in [-0.2, 0) is 4.79 Å². The minimum absolute atomic E-state index is 0.0479. The summed E-state index contributed by atoms with van der Waals surface area (Å²) in [6.45, 7) is 1.89. The van der Waals surface area contributed by atoms with Crippen molar-refractivity contribution in [2.45, 2.75) is 31.3 Å². The number of carbonyl (C=O) groups excluding carboxylic acids is 1. The molecule has 1 aliphatic carbocycles. The molecular formula is C13H18N2O2. The number of amides is 1. The first kappa shape index (κ1) is 11.9. The van der Waals surface area contributed by atoms with Gasteiger partial charge in [0, 0.05) is 12.6 Å². The average molecular weight is 234 g/mol. The molecule has 1 amide bonds. The Morgan fingerprint density at radius 3 is 2.59 bits per heavy atom. The number of likely N-dealkylation sites (N-methyl/N-ethyl adjacent to an activating group) is 1. The van der Waals surface area contributed by atoms with Crippen LogP contribution in [0.1, 0.15) is 31.4 Å². The first-order valence-corrected chi connectivity index (χ1v) is 5.80. The zero-order valence-corrected chi connectivity index (χ0v) is 10.2. The van der Waals surface area contributed by atoms with Gasteiger partial charge in [0.2, 0.25) is 5.91 Å². The molecule has 1 aromatic rings. The van der Waals surface area contributed by atoms with Crippen LogP contribution in [0.3, 0.4) is 0 Å². The van der Waals surface area contributed by atoms with E-state index in [9.17, 15) is 9.90 Å². The predicted octanol–water partition coefficient (Wildman–Crippen LogP) is 1.40. The number of phenolic OH excluding ortho intramolecular Hbond substituents is 1. The van der Waals surface area contributed by atoms with Gasteiger partial charge in [-0.2, -0.15) is 0 Å². The minimum Gasteiger partial charge on any atom is -0.508 e. The van der Waals surface area contributed by atoms with Gasteiger partial charge in [-0.05, 0) is 25.8 Å². The third kappa shape index (κ3) is 2.13. The van der Waals surface area contributed by atoms with Gasteiger partial charge in [-0.1, -0.05) is 18.2 Å².